The van der Waals surface area contributed by atoms with Crippen molar-refractivity contribution in [1.82, 2.24) is 0 Å². The Morgan fingerprint density at radius 3 is 2.62 bits per heavy atom. The Hall–Kier alpha value is -0.600. The number of carbonyl (C=O) groups is 1. The summed E-state index contributed by atoms with van der Waals surface area (Å²) in [6.45, 7) is 1.68. The molecule has 0 amide bonds. The molecule has 1 aromatic rings. The molecule has 0 unspecified atom stereocenters. The third kappa shape index (κ3) is 2.20. The molecule has 0 saturated heterocycles. The molecular formula is C9H7Cl2FO. The van der Waals surface area contributed by atoms with Crippen LogP contribution in [0.15, 0.2) is 12.1 Å². The van der Waals surface area contributed by atoms with Gasteiger partial charge in [-0.2, -0.15) is 0 Å². The summed E-state index contributed by atoms with van der Waals surface area (Å²) in [5.74, 6) is -0.877. The average Bonchev–Trinajstić information content (AvgIpc) is 2.10. The van der Waals surface area contributed by atoms with Crippen LogP contribution in [0.4, 0.5) is 4.39 Å². The van der Waals surface area contributed by atoms with E-state index in [-0.39, 0.29) is 27.8 Å². The largest absolute Gasteiger partial charge is 0.294 e. The van der Waals surface area contributed by atoms with Crippen LogP contribution in [0, 0.1) is 5.82 Å². The summed E-state index contributed by atoms with van der Waals surface area (Å²) < 4.78 is 13.0. The van der Waals surface area contributed by atoms with E-state index in [9.17, 15) is 9.18 Å². The second-order valence-corrected chi connectivity index (χ2v) is 3.34. The Bertz CT molecular complexity index is 350. The highest BCUT2D eigenvalue weighted by atomic mass is 35.5. The minimum absolute atomic E-state index is 0.147. The molecule has 0 bridgehead atoms. The van der Waals surface area contributed by atoms with Crippen LogP contribution >= 0.6 is 23.2 Å². The lowest BCUT2D eigenvalue weighted by molar-refractivity contribution is 0.0988. The molecule has 70 valence electrons. The molecule has 13 heavy (non-hydrogen) atoms. The lowest BCUT2D eigenvalue weighted by Gasteiger charge is -2.02. The minimum Gasteiger partial charge on any atom is -0.294 e. The second-order valence-electron chi connectivity index (χ2n) is 2.53. The van der Waals surface area contributed by atoms with E-state index in [1.54, 1.807) is 6.92 Å². The predicted molar refractivity (Wildman–Crippen MR) is 51.0 cm³/mol. The van der Waals surface area contributed by atoms with Gasteiger partial charge in [-0.1, -0.05) is 30.1 Å². The van der Waals surface area contributed by atoms with Crippen molar-refractivity contribution in [1.29, 1.82) is 0 Å². The molecule has 1 rings (SSSR count). The zero-order chi connectivity index (χ0) is 10.0. The van der Waals surface area contributed by atoms with Crippen LogP contribution in [0.2, 0.25) is 10.0 Å². The van der Waals surface area contributed by atoms with E-state index in [4.69, 9.17) is 23.2 Å². The molecule has 0 atom stereocenters. The Kier molecular flexibility index (Phi) is 3.28. The summed E-state index contributed by atoms with van der Waals surface area (Å²) in [7, 11) is 0. The smallest absolute Gasteiger partial charge is 0.164 e. The van der Waals surface area contributed by atoms with Crippen molar-refractivity contribution in [3.05, 3.63) is 33.6 Å². The van der Waals surface area contributed by atoms with E-state index >= 15 is 0 Å². The predicted octanol–water partition coefficient (Wildman–Crippen LogP) is 3.73. The molecule has 0 heterocycles. The molecule has 0 saturated carbocycles. The van der Waals surface area contributed by atoms with Gasteiger partial charge in [-0.25, -0.2) is 4.39 Å². The summed E-state index contributed by atoms with van der Waals surface area (Å²) in [5.41, 5.74) is 0.147. The van der Waals surface area contributed by atoms with Gasteiger partial charge in [-0.05, 0) is 12.1 Å². The van der Waals surface area contributed by atoms with E-state index in [0.29, 0.717) is 0 Å². The first-order valence-corrected chi connectivity index (χ1v) is 4.49. The van der Waals surface area contributed by atoms with Gasteiger partial charge in [0.1, 0.15) is 5.82 Å². The molecule has 0 radical (unpaired) electrons. The number of benzene rings is 1. The maximum absolute atomic E-state index is 13.0. The highest BCUT2D eigenvalue weighted by Crippen LogP contribution is 2.25. The van der Waals surface area contributed by atoms with Gasteiger partial charge in [0.25, 0.3) is 0 Å². The van der Waals surface area contributed by atoms with Gasteiger partial charge in [-0.15, -0.1) is 0 Å². The maximum atomic E-state index is 13.0. The molecule has 1 aromatic carbocycles. The van der Waals surface area contributed by atoms with Crippen LogP contribution < -0.4 is 0 Å². The number of carbonyl (C=O) groups excluding carboxylic acids is 1. The zero-order valence-electron chi connectivity index (χ0n) is 6.90. The minimum atomic E-state index is -0.661. The fraction of sp³-hybridized carbons (Fsp3) is 0.222. The molecule has 0 N–H and O–H groups in total. The average molecular weight is 221 g/mol. The first-order valence-electron chi connectivity index (χ1n) is 3.74. The van der Waals surface area contributed by atoms with E-state index in [0.717, 1.165) is 6.07 Å². The fourth-order valence-electron chi connectivity index (χ4n) is 0.949. The third-order valence-corrected chi connectivity index (χ3v) is 2.22. The normalized spacial score (nSPS) is 10.2. The zero-order valence-corrected chi connectivity index (χ0v) is 8.42. The van der Waals surface area contributed by atoms with E-state index in [1.807, 2.05) is 0 Å². The van der Waals surface area contributed by atoms with Crippen molar-refractivity contribution in [3.63, 3.8) is 0 Å². The SMILES string of the molecule is CCC(=O)c1cc(Cl)cc(F)c1Cl. The van der Waals surface area contributed by atoms with Crippen molar-refractivity contribution in [2.75, 3.05) is 0 Å². The van der Waals surface area contributed by atoms with Gasteiger partial charge in [-0.3, -0.25) is 4.79 Å². The Labute approximate surface area is 85.5 Å². The lowest BCUT2D eigenvalue weighted by atomic mass is 10.1. The number of hydrogen-bond donors (Lipinski definition) is 0. The van der Waals surface area contributed by atoms with Gasteiger partial charge >= 0.3 is 0 Å². The molecule has 4 heteroatoms. The molecule has 0 aliphatic rings. The second kappa shape index (κ2) is 4.07. The van der Waals surface area contributed by atoms with Crippen molar-refractivity contribution in [3.8, 4) is 0 Å². The number of halogens is 3. The van der Waals surface area contributed by atoms with Gasteiger partial charge in [0.2, 0.25) is 0 Å². The molecule has 0 spiro atoms. The molecule has 1 nitrogen and oxygen atoms in total. The maximum Gasteiger partial charge on any atom is 0.164 e. The monoisotopic (exact) mass is 220 g/mol. The van der Waals surface area contributed by atoms with E-state index in [1.165, 1.54) is 6.07 Å². The van der Waals surface area contributed by atoms with Gasteiger partial charge in [0, 0.05) is 17.0 Å². The van der Waals surface area contributed by atoms with Crippen LogP contribution in [0.5, 0.6) is 0 Å². The number of Topliss-reactive ketones (excluding diaryl/α,β-unsaturated/α-hetero) is 1. The van der Waals surface area contributed by atoms with Gasteiger partial charge < -0.3 is 0 Å². The molecular weight excluding hydrogens is 214 g/mol. The third-order valence-electron chi connectivity index (χ3n) is 1.61. The molecule has 0 aliphatic heterocycles. The van der Waals surface area contributed by atoms with Crippen LogP contribution in [-0.4, -0.2) is 5.78 Å². The summed E-state index contributed by atoms with van der Waals surface area (Å²) in [6.07, 6.45) is 0.277. The first-order chi connectivity index (χ1) is 6.06. The molecule has 0 aliphatic carbocycles. The highest BCUT2D eigenvalue weighted by Gasteiger charge is 2.13. The van der Waals surface area contributed by atoms with Crippen LogP contribution in [0.25, 0.3) is 0 Å². The topological polar surface area (TPSA) is 17.1 Å². The number of ketones is 1. The number of hydrogen-bond acceptors (Lipinski definition) is 1. The van der Waals surface area contributed by atoms with Crippen molar-refractivity contribution in [2.45, 2.75) is 13.3 Å². The van der Waals surface area contributed by atoms with Crippen LogP contribution in [-0.2, 0) is 0 Å². The standard InChI is InChI=1S/C9H7Cl2FO/c1-2-8(13)6-3-5(10)4-7(12)9(6)11/h3-4H,2H2,1H3. The first kappa shape index (κ1) is 10.5. The van der Waals surface area contributed by atoms with Crippen LogP contribution in [0.1, 0.15) is 23.7 Å². The van der Waals surface area contributed by atoms with Gasteiger partial charge in [0.15, 0.2) is 5.78 Å². The Morgan fingerprint density at radius 1 is 1.46 bits per heavy atom. The Balaban J connectivity index is 3.28. The molecule has 0 fully saturated rings. The fourth-order valence-corrected chi connectivity index (χ4v) is 1.37. The quantitative estimate of drug-likeness (QED) is 0.549. The summed E-state index contributed by atoms with van der Waals surface area (Å²) in [5, 5.41) is 0.0231. The van der Waals surface area contributed by atoms with Crippen molar-refractivity contribution >= 4 is 29.0 Å². The summed E-state index contributed by atoms with van der Waals surface area (Å²) in [4.78, 5) is 11.2. The summed E-state index contributed by atoms with van der Waals surface area (Å²) >= 11 is 11.2. The van der Waals surface area contributed by atoms with Crippen LogP contribution in [0.3, 0.4) is 0 Å². The van der Waals surface area contributed by atoms with Gasteiger partial charge in [0.05, 0.1) is 5.02 Å². The molecule has 0 aromatic heterocycles. The highest BCUT2D eigenvalue weighted by molar-refractivity contribution is 6.36. The van der Waals surface area contributed by atoms with E-state index < -0.39 is 5.82 Å². The Morgan fingerprint density at radius 2 is 2.08 bits per heavy atom. The summed E-state index contributed by atoms with van der Waals surface area (Å²) in [6, 6.07) is 2.45. The van der Waals surface area contributed by atoms with E-state index in [2.05, 4.69) is 0 Å². The van der Waals surface area contributed by atoms with Crippen molar-refractivity contribution < 1.29 is 9.18 Å². The van der Waals surface area contributed by atoms with Crippen molar-refractivity contribution in [2.24, 2.45) is 0 Å². The lowest BCUT2D eigenvalue weighted by Crippen LogP contribution is -1.99. The number of rotatable bonds is 2.